The second-order valence-electron chi connectivity index (χ2n) is 9.76. The topological polar surface area (TPSA) is 125 Å². The van der Waals surface area contributed by atoms with E-state index in [0.29, 0.717) is 6.42 Å². The first-order valence-corrected chi connectivity index (χ1v) is 12.0. The van der Waals surface area contributed by atoms with Crippen molar-refractivity contribution in [1.29, 1.82) is 5.26 Å². The van der Waals surface area contributed by atoms with Gasteiger partial charge in [-0.15, -0.1) is 0 Å². The van der Waals surface area contributed by atoms with Crippen LogP contribution < -0.4 is 10.6 Å². The van der Waals surface area contributed by atoms with Gasteiger partial charge in [-0.3, -0.25) is 4.79 Å². The second kappa shape index (κ2) is 8.50. The maximum atomic E-state index is 13.1. The minimum Gasteiger partial charge on any atom is -0.444 e. The van der Waals surface area contributed by atoms with Gasteiger partial charge in [0.05, 0.1) is 17.6 Å². The van der Waals surface area contributed by atoms with Crippen molar-refractivity contribution in [3.05, 3.63) is 0 Å². The Hall–Kier alpha value is -1.82. The Morgan fingerprint density at radius 3 is 2.17 bits per heavy atom. The van der Waals surface area contributed by atoms with E-state index in [1.54, 1.807) is 20.8 Å². The van der Waals surface area contributed by atoms with Gasteiger partial charge in [0.25, 0.3) is 0 Å². The van der Waals surface area contributed by atoms with Crippen LogP contribution in [-0.2, 0) is 19.4 Å². The largest absolute Gasteiger partial charge is 0.444 e. The number of carbonyl (C=O) groups excluding carboxylic acids is 2. The summed E-state index contributed by atoms with van der Waals surface area (Å²) < 4.78 is 28.8. The molecule has 0 radical (unpaired) electrons. The molecule has 1 saturated carbocycles. The molecule has 0 unspecified atom stereocenters. The fourth-order valence-corrected chi connectivity index (χ4v) is 5.58. The summed E-state index contributed by atoms with van der Waals surface area (Å²) in [6, 6.07) is 1.25. The Balaban J connectivity index is 2.14. The molecule has 1 atom stereocenters. The number of nitrogens with zero attached hydrogens (tertiary/aromatic N) is 1. The van der Waals surface area contributed by atoms with Gasteiger partial charge in [-0.25, -0.2) is 13.2 Å². The molecule has 8 nitrogen and oxygen atoms in total. The van der Waals surface area contributed by atoms with Crippen LogP contribution in [0.5, 0.6) is 0 Å². The fraction of sp³-hybridized carbons (Fsp3) is 0.850. The predicted octanol–water partition coefficient (Wildman–Crippen LogP) is 2.44. The maximum absolute atomic E-state index is 13.1. The van der Waals surface area contributed by atoms with E-state index in [9.17, 15) is 23.3 Å². The molecular formula is C20H33N3O5S. The van der Waals surface area contributed by atoms with Crippen molar-refractivity contribution in [3.63, 3.8) is 0 Å². The average Bonchev–Trinajstić information content (AvgIpc) is 3.01. The second-order valence-corrected chi connectivity index (χ2v) is 12.1. The Labute approximate surface area is 173 Å². The SMILES string of the molecule is CC1(C[C@H](NC(=O)OC(C)(C)C)C(=O)NC2(C#N)CCS(=O)(=O)CC2)CCCC1. The van der Waals surface area contributed by atoms with Gasteiger partial charge in [-0.05, 0) is 58.3 Å². The number of ether oxygens (including phenoxy) is 1. The van der Waals surface area contributed by atoms with Crippen LogP contribution in [0.15, 0.2) is 0 Å². The van der Waals surface area contributed by atoms with Crippen molar-refractivity contribution in [2.75, 3.05) is 11.5 Å². The maximum Gasteiger partial charge on any atom is 0.408 e. The fourth-order valence-electron chi connectivity index (χ4n) is 4.06. The monoisotopic (exact) mass is 427 g/mol. The van der Waals surface area contributed by atoms with Gasteiger partial charge in [0.2, 0.25) is 5.91 Å². The number of nitrogens with one attached hydrogen (secondary N) is 2. The standard InChI is InChI=1S/C20H33N3O5S/c1-18(2,3)28-17(25)22-15(13-19(4)7-5-6-8-19)16(24)23-20(14-21)9-11-29(26,27)12-10-20/h15H,5-13H2,1-4H3,(H,22,25)(H,23,24)/t15-/m0/s1. The van der Waals surface area contributed by atoms with Gasteiger partial charge < -0.3 is 15.4 Å². The van der Waals surface area contributed by atoms with Crippen molar-refractivity contribution >= 4 is 21.8 Å². The zero-order chi connectivity index (χ0) is 21.9. The Morgan fingerprint density at radius 2 is 1.69 bits per heavy atom. The summed E-state index contributed by atoms with van der Waals surface area (Å²) in [5.41, 5.74) is -2.01. The van der Waals surface area contributed by atoms with Crippen molar-refractivity contribution in [2.45, 2.75) is 89.8 Å². The number of sulfone groups is 1. The molecule has 2 aliphatic rings. The first-order chi connectivity index (χ1) is 13.3. The van der Waals surface area contributed by atoms with Gasteiger partial charge >= 0.3 is 6.09 Å². The van der Waals surface area contributed by atoms with Crippen LogP contribution in [0, 0.1) is 16.7 Å². The summed E-state index contributed by atoms with van der Waals surface area (Å²) in [5, 5.41) is 15.1. The van der Waals surface area contributed by atoms with Crippen molar-refractivity contribution < 1.29 is 22.7 Å². The minimum absolute atomic E-state index is 0.0496. The van der Waals surface area contributed by atoms with Gasteiger partial charge in [0.15, 0.2) is 9.84 Å². The van der Waals surface area contributed by atoms with Gasteiger partial charge in [0.1, 0.15) is 17.2 Å². The van der Waals surface area contributed by atoms with E-state index in [2.05, 4.69) is 23.6 Å². The van der Waals surface area contributed by atoms with Crippen LogP contribution in [0.4, 0.5) is 4.79 Å². The third kappa shape index (κ3) is 6.88. The summed E-state index contributed by atoms with van der Waals surface area (Å²) in [6.07, 6.45) is 3.95. The van der Waals surface area contributed by atoms with E-state index in [0.717, 1.165) is 25.7 Å². The first kappa shape index (κ1) is 23.5. The number of rotatable bonds is 5. The average molecular weight is 428 g/mol. The highest BCUT2D eigenvalue weighted by Crippen LogP contribution is 2.41. The third-order valence-electron chi connectivity index (χ3n) is 5.77. The quantitative estimate of drug-likeness (QED) is 0.694. The molecule has 1 aliphatic heterocycles. The van der Waals surface area contributed by atoms with E-state index in [1.807, 2.05) is 0 Å². The lowest BCUT2D eigenvalue weighted by Crippen LogP contribution is -2.58. The van der Waals surface area contributed by atoms with Gasteiger partial charge in [-0.2, -0.15) is 5.26 Å². The molecule has 0 bridgehead atoms. The van der Waals surface area contributed by atoms with Gasteiger partial charge in [0, 0.05) is 0 Å². The normalized spacial score (nSPS) is 23.4. The molecule has 2 rings (SSSR count). The summed E-state index contributed by atoms with van der Waals surface area (Å²) in [5.74, 6) is -0.740. The van der Waals surface area contributed by atoms with E-state index < -0.39 is 39.0 Å². The number of carbonyl (C=O) groups is 2. The smallest absolute Gasteiger partial charge is 0.408 e. The van der Waals surface area contributed by atoms with E-state index >= 15 is 0 Å². The molecule has 0 aromatic rings. The lowest BCUT2D eigenvalue weighted by molar-refractivity contribution is -0.125. The zero-order valence-corrected chi connectivity index (χ0v) is 18.7. The van der Waals surface area contributed by atoms with Crippen molar-refractivity contribution in [3.8, 4) is 6.07 Å². The molecule has 1 aliphatic carbocycles. The number of hydrogen-bond acceptors (Lipinski definition) is 6. The molecule has 2 fully saturated rings. The number of hydrogen-bond donors (Lipinski definition) is 2. The zero-order valence-electron chi connectivity index (χ0n) is 17.8. The highest BCUT2D eigenvalue weighted by molar-refractivity contribution is 7.91. The lowest BCUT2D eigenvalue weighted by atomic mass is 9.81. The summed E-state index contributed by atoms with van der Waals surface area (Å²) in [4.78, 5) is 25.4. The predicted molar refractivity (Wildman–Crippen MR) is 109 cm³/mol. The molecule has 9 heteroatoms. The molecule has 0 aromatic carbocycles. The molecule has 29 heavy (non-hydrogen) atoms. The first-order valence-electron chi connectivity index (χ1n) is 10.2. The van der Waals surface area contributed by atoms with Crippen molar-refractivity contribution in [1.82, 2.24) is 10.6 Å². The summed E-state index contributed by atoms with van der Waals surface area (Å²) in [6.45, 7) is 7.33. The van der Waals surface area contributed by atoms with Crippen LogP contribution in [-0.4, -0.2) is 49.1 Å². The molecule has 0 spiro atoms. The van der Waals surface area contributed by atoms with E-state index in [1.165, 1.54) is 0 Å². The molecule has 2 amide bonds. The molecular weight excluding hydrogens is 394 g/mol. The minimum atomic E-state index is -3.18. The molecule has 1 saturated heterocycles. The lowest BCUT2D eigenvalue weighted by Gasteiger charge is -2.35. The number of amides is 2. The van der Waals surface area contributed by atoms with Crippen LogP contribution in [0.1, 0.15) is 72.6 Å². The Bertz CT molecular complexity index is 759. The van der Waals surface area contributed by atoms with E-state index in [-0.39, 0.29) is 29.8 Å². The third-order valence-corrected chi connectivity index (χ3v) is 7.42. The molecule has 1 heterocycles. The highest BCUT2D eigenvalue weighted by atomic mass is 32.2. The summed E-state index contributed by atoms with van der Waals surface area (Å²) >= 11 is 0. The Kier molecular flexibility index (Phi) is 6.88. The van der Waals surface area contributed by atoms with Crippen molar-refractivity contribution in [2.24, 2.45) is 5.41 Å². The number of alkyl carbamates (subject to hydrolysis) is 1. The van der Waals surface area contributed by atoms with E-state index in [4.69, 9.17) is 4.74 Å². The molecule has 164 valence electrons. The molecule has 2 N–H and O–H groups in total. The summed E-state index contributed by atoms with van der Waals surface area (Å²) in [7, 11) is -3.18. The Morgan fingerprint density at radius 1 is 1.14 bits per heavy atom. The van der Waals surface area contributed by atoms with Gasteiger partial charge in [-0.1, -0.05) is 19.8 Å². The molecule has 0 aromatic heterocycles. The highest BCUT2D eigenvalue weighted by Gasteiger charge is 2.42. The van der Waals surface area contributed by atoms with Crippen LogP contribution in [0.3, 0.4) is 0 Å². The van der Waals surface area contributed by atoms with Crippen LogP contribution >= 0.6 is 0 Å². The van der Waals surface area contributed by atoms with Crippen LogP contribution in [0.2, 0.25) is 0 Å². The van der Waals surface area contributed by atoms with Crippen LogP contribution in [0.25, 0.3) is 0 Å². The number of nitriles is 1.